The Kier molecular flexibility index (Phi) is 1.87. The summed E-state index contributed by atoms with van der Waals surface area (Å²) in [4.78, 5) is 0. The topological polar surface area (TPSA) is 53.0 Å². The quantitative estimate of drug-likeness (QED) is 0.516. The summed E-state index contributed by atoms with van der Waals surface area (Å²) in [6.45, 7) is 0.504. The third-order valence-corrected chi connectivity index (χ3v) is 2.06. The Morgan fingerprint density at radius 3 is 2.92 bits per heavy atom. The third-order valence-electron chi connectivity index (χ3n) is 2.06. The summed E-state index contributed by atoms with van der Waals surface area (Å²) in [6, 6.07) is 9.24. The van der Waals surface area contributed by atoms with E-state index in [-0.39, 0.29) is 0 Å². The van der Waals surface area contributed by atoms with Gasteiger partial charge in [0.25, 0.3) is 0 Å². The van der Waals surface area contributed by atoms with E-state index < -0.39 is 0 Å². The van der Waals surface area contributed by atoms with Gasteiger partial charge in [-0.3, -0.25) is 0 Å². The van der Waals surface area contributed by atoms with Crippen molar-refractivity contribution >= 4 is 10.9 Å². The van der Waals surface area contributed by atoms with Crippen LogP contribution in [0.5, 0.6) is 0 Å². The van der Waals surface area contributed by atoms with E-state index >= 15 is 0 Å². The first-order valence-corrected chi connectivity index (χ1v) is 4.12. The van der Waals surface area contributed by atoms with Crippen molar-refractivity contribution in [3.63, 3.8) is 0 Å². The standard InChI is InChI=1S/C10H10N2O/c11-7-8-3-4-10-9(6-8)2-1-5-12(10)13/h1-6H,7,11H2. The average Bonchev–Trinajstić information content (AvgIpc) is 2.18. The maximum absolute atomic E-state index is 11.3. The lowest BCUT2D eigenvalue weighted by Crippen LogP contribution is -2.25. The minimum atomic E-state index is 0.504. The van der Waals surface area contributed by atoms with Crippen molar-refractivity contribution < 1.29 is 4.73 Å². The van der Waals surface area contributed by atoms with Crippen LogP contribution in [0.15, 0.2) is 36.5 Å². The first kappa shape index (κ1) is 8.01. The molecule has 0 aliphatic heterocycles. The van der Waals surface area contributed by atoms with Gasteiger partial charge >= 0.3 is 0 Å². The molecule has 2 N–H and O–H groups in total. The van der Waals surface area contributed by atoms with Crippen molar-refractivity contribution in [3.05, 3.63) is 47.3 Å². The van der Waals surface area contributed by atoms with Gasteiger partial charge in [0.2, 0.25) is 5.52 Å². The second-order valence-electron chi connectivity index (χ2n) is 2.93. The first-order chi connectivity index (χ1) is 6.31. The molecule has 3 nitrogen and oxygen atoms in total. The Bertz CT molecular complexity index is 440. The Labute approximate surface area is 76.0 Å². The molecule has 0 saturated heterocycles. The minimum Gasteiger partial charge on any atom is -0.618 e. The van der Waals surface area contributed by atoms with E-state index in [2.05, 4.69) is 0 Å². The molecule has 2 rings (SSSR count). The molecule has 0 atom stereocenters. The van der Waals surface area contributed by atoms with E-state index in [4.69, 9.17) is 5.73 Å². The molecule has 66 valence electrons. The molecule has 1 aromatic heterocycles. The fourth-order valence-corrected chi connectivity index (χ4v) is 1.37. The van der Waals surface area contributed by atoms with E-state index in [1.165, 1.54) is 6.20 Å². The van der Waals surface area contributed by atoms with E-state index in [1.54, 1.807) is 12.1 Å². The lowest BCUT2D eigenvalue weighted by atomic mass is 10.1. The van der Waals surface area contributed by atoms with Crippen LogP contribution < -0.4 is 10.5 Å². The molecule has 0 aliphatic rings. The van der Waals surface area contributed by atoms with Gasteiger partial charge in [0, 0.05) is 24.1 Å². The molecule has 0 fully saturated rings. The van der Waals surface area contributed by atoms with Crippen LogP contribution in [0.25, 0.3) is 10.9 Å². The largest absolute Gasteiger partial charge is 0.618 e. The molecule has 0 bridgehead atoms. The first-order valence-electron chi connectivity index (χ1n) is 4.12. The van der Waals surface area contributed by atoms with Crippen LogP contribution in [0.2, 0.25) is 0 Å². The summed E-state index contributed by atoms with van der Waals surface area (Å²) in [5.41, 5.74) is 7.21. The van der Waals surface area contributed by atoms with Crippen LogP contribution in [0.1, 0.15) is 5.56 Å². The maximum atomic E-state index is 11.3. The van der Waals surface area contributed by atoms with Gasteiger partial charge in [0.1, 0.15) is 0 Å². The molecule has 0 spiro atoms. The molecular formula is C10H10N2O. The fourth-order valence-electron chi connectivity index (χ4n) is 1.37. The molecular weight excluding hydrogens is 164 g/mol. The van der Waals surface area contributed by atoms with Crippen molar-refractivity contribution in [2.24, 2.45) is 5.73 Å². The number of rotatable bonds is 1. The summed E-state index contributed by atoms with van der Waals surface area (Å²) in [7, 11) is 0. The van der Waals surface area contributed by atoms with E-state index in [0.29, 0.717) is 12.1 Å². The normalized spacial score (nSPS) is 10.5. The second kappa shape index (κ2) is 3.03. The van der Waals surface area contributed by atoms with Crippen LogP contribution in [0.4, 0.5) is 0 Å². The van der Waals surface area contributed by atoms with Gasteiger partial charge in [0.05, 0.1) is 0 Å². The SMILES string of the molecule is NCc1ccc2c(ccc[n+]2[O-])c1. The smallest absolute Gasteiger partial charge is 0.223 e. The lowest BCUT2D eigenvalue weighted by molar-refractivity contribution is -0.577. The highest BCUT2D eigenvalue weighted by atomic mass is 16.5. The summed E-state index contributed by atoms with van der Waals surface area (Å²) in [5.74, 6) is 0. The molecule has 3 heteroatoms. The maximum Gasteiger partial charge on any atom is 0.223 e. The highest BCUT2D eigenvalue weighted by Crippen LogP contribution is 2.11. The van der Waals surface area contributed by atoms with Gasteiger partial charge in [-0.1, -0.05) is 6.07 Å². The Balaban J connectivity index is 2.72. The molecule has 1 heterocycles. The van der Waals surface area contributed by atoms with Crippen LogP contribution in [-0.4, -0.2) is 0 Å². The Morgan fingerprint density at radius 1 is 1.31 bits per heavy atom. The zero-order valence-electron chi connectivity index (χ0n) is 7.10. The minimum absolute atomic E-state index is 0.504. The lowest BCUT2D eigenvalue weighted by Gasteiger charge is -2.01. The Morgan fingerprint density at radius 2 is 2.15 bits per heavy atom. The molecule has 0 radical (unpaired) electrons. The summed E-state index contributed by atoms with van der Waals surface area (Å²) >= 11 is 0. The highest BCUT2D eigenvalue weighted by molar-refractivity contribution is 5.76. The molecule has 0 unspecified atom stereocenters. The van der Waals surface area contributed by atoms with Crippen molar-refractivity contribution in [3.8, 4) is 0 Å². The molecule has 1 aromatic carbocycles. The van der Waals surface area contributed by atoms with Gasteiger partial charge in [-0.15, -0.1) is 0 Å². The Hall–Kier alpha value is -1.61. The zero-order valence-corrected chi connectivity index (χ0v) is 7.10. The zero-order chi connectivity index (χ0) is 9.26. The number of hydrogen-bond acceptors (Lipinski definition) is 2. The van der Waals surface area contributed by atoms with Gasteiger partial charge < -0.3 is 10.9 Å². The fraction of sp³-hybridized carbons (Fsp3) is 0.100. The van der Waals surface area contributed by atoms with E-state index in [9.17, 15) is 5.21 Å². The van der Waals surface area contributed by atoms with E-state index in [1.807, 2.05) is 18.2 Å². The number of pyridine rings is 1. The molecule has 0 saturated carbocycles. The molecule has 0 aliphatic carbocycles. The number of aromatic nitrogens is 1. The number of benzene rings is 1. The highest BCUT2D eigenvalue weighted by Gasteiger charge is 2.01. The van der Waals surface area contributed by atoms with E-state index in [0.717, 1.165) is 15.7 Å². The summed E-state index contributed by atoms with van der Waals surface area (Å²) in [5, 5.41) is 12.2. The van der Waals surface area contributed by atoms with Gasteiger partial charge in [-0.25, -0.2) is 0 Å². The van der Waals surface area contributed by atoms with Crippen molar-refractivity contribution in [2.75, 3.05) is 0 Å². The van der Waals surface area contributed by atoms with Crippen LogP contribution >= 0.6 is 0 Å². The average molecular weight is 174 g/mol. The van der Waals surface area contributed by atoms with Crippen LogP contribution in [-0.2, 0) is 6.54 Å². The molecule has 13 heavy (non-hydrogen) atoms. The summed E-state index contributed by atoms with van der Waals surface area (Å²) < 4.78 is 0.857. The van der Waals surface area contributed by atoms with Crippen molar-refractivity contribution in [1.29, 1.82) is 0 Å². The summed E-state index contributed by atoms with van der Waals surface area (Å²) in [6.07, 6.45) is 1.49. The second-order valence-corrected chi connectivity index (χ2v) is 2.93. The van der Waals surface area contributed by atoms with Gasteiger partial charge in [0.15, 0.2) is 6.20 Å². The predicted octanol–water partition coefficient (Wildman–Crippen LogP) is 0.932. The number of fused-ring (bicyclic) bond motifs is 1. The number of hydrogen-bond donors (Lipinski definition) is 1. The monoisotopic (exact) mass is 174 g/mol. The van der Waals surface area contributed by atoms with Crippen LogP contribution in [0, 0.1) is 5.21 Å². The number of nitrogens with zero attached hydrogens (tertiary/aromatic N) is 1. The van der Waals surface area contributed by atoms with Gasteiger partial charge in [-0.05, 0) is 17.7 Å². The molecule has 2 aromatic rings. The predicted molar refractivity (Wildman–Crippen MR) is 50.8 cm³/mol. The van der Waals surface area contributed by atoms with Crippen LogP contribution in [0.3, 0.4) is 0 Å². The van der Waals surface area contributed by atoms with Crippen molar-refractivity contribution in [1.82, 2.24) is 0 Å². The number of nitrogens with two attached hydrogens (primary N) is 1. The van der Waals surface area contributed by atoms with Gasteiger partial charge in [-0.2, -0.15) is 4.73 Å². The molecule has 0 amide bonds. The van der Waals surface area contributed by atoms with Crippen molar-refractivity contribution in [2.45, 2.75) is 6.54 Å². The third kappa shape index (κ3) is 1.34.